The van der Waals surface area contributed by atoms with Gasteiger partial charge in [-0.3, -0.25) is 4.79 Å². The monoisotopic (exact) mass is 364 g/mol. The molecule has 0 atom stereocenters. The van der Waals surface area contributed by atoms with E-state index < -0.39 is 0 Å². The molecule has 1 amide bonds. The number of aromatic nitrogens is 1. The third-order valence-electron chi connectivity index (χ3n) is 3.95. The predicted molar refractivity (Wildman–Crippen MR) is 106 cm³/mol. The number of fused-ring (bicyclic) bond motifs is 1. The number of hydrogen-bond donors (Lipinski definition) is 1. The quantitative estimate of drug-likeness (QED) is 0.501. The summed E-state index contributed by atoms with van der Waals surface area (Å²) < 4.78 is 1.15. The SMILES string of the molecule is O=C(CCc1ccsc1)Nc1ccccc1-c1nc2ccccc2s1. The van der Waals surface area contributed by atoms with Crippen LogP contribution in [0.5, 0.6) is 0 Å². The van der Waals surface area contributed by atoms with E-state index in [1.165, 1.54) is 5.56 Å². The third kappa shape index (κ3) is 3.62. The average Bonchev–Trinajstić information content (AvgIpc) is 3.30. The molecule has 0 saturated carbocycles. The molecule has 3 nitrogen and oxygen atoms in total. The van der Waals surface area contributed by atoms with Crippen molar-refractivity contribution in [3.05, 3.63) is 70.9 Å². The standard InChI is InChI=1S/C20H16N2OS2/c23-19(10-9-14-11-12-24-13-14)21-16-6-2-1-5-15(16)20-22-17-7-3-4-8-18(17)25-20/h1-8,11-13H,9-10H2,(H,21,23). The molecule has 0 radical (unpaired) electrons. The number of aryl methyl sites for hydroxylation is 1. The third-order valence-corrected chi connectivity index (χ3v) is 5.75. The van der Waals surface area contributed by atoms with Gasteiger partial charge in [-0.25, -0.2) is 4.98 Å². The first-order chi connectivity index (χ1) is 12.3. The minimum Gasteiger partial charge on any atom is -0.325 e. The lowest BCUT2D eigenvalue weighted by atomic mass is 10.1. The minimum atomic E-state index is 0.0276. The number of rotatable bonds is 5. The molecule has 5 heteroatoms. The van der Waals surface area contributed by atoms with E-state index in [4.69, 9.17) is 4.98 Å². The summed E-state index contributed by atoms with van der Waals surface area (Å²) >= 11 is 3.30. The highest BCUT2D eigenvalue weighted by atomic mass is 32.1. The molecular formula is C20H16N2OS2. The van der Waals surface area contributed by atoms with Crippen LogP contribution in [0.3, 0.4) is 0 Å². The van der Waals surface area contributed by atoms with Crippen LogP contribution >= 0.6 is 22.7 Å². The molecule has 0 aliphatic heterocycles. The van der Waals surface area contributed by atoms with E-state index in [0.29, 0.717) is 6.42 Å². The van der Waals surface area contributed by atoms with Crippen molar-refractivity contribution in [3.63, 3.8) is 0 Å². The fourth-order valence-electron chi connectivity index (χ4n) is 2.67. The molecular weight excluding hydrogens is 348 g/mol. The first-order valence-corrected chi connectivity index (χ1v) is 9.81. The summed E-state index contributed by atoms with van der Waals surface area (Å²) in [4.78, 5) is 17.0. The first kappa shape index (κ1) is 16.0. The van der Waals surface area contributed by atoms with Gasteiger partial charge >= 0.3 is 0 Å². The molecule has 0 aliphatic carbocycles. The highest BCUT2D eigenvalue weighted by molar-refractivity contribution is 7.21. The number of para-hydroxylation sites is 2. The van der Waals surface area contributed by atoms with Crippen LogP contribution in [0, 0.1) is 0 Å². The minimum absolute atomic E-state index is 0.0276. The van der Waals surface area contributed by atoms with E-state index in [9.17, 15) is 4.79 Å². The number of amides is 1. The summed E-state index contributed by atoms with van der Waals surface area (Å²) in [7, 11) is 0. The molecule has 1 N–H and O–H groups in total. The van der Waals surface area contributed by atoms with Crippen molar-refractivity contribution in [1.82, 2.24) is 4.98 Å². The number of benzene rings is 2. The maximum atomic E-state index is 12.3. The summed E-state index contributed by atoms with van der Waals surface area (Å²) in [5.74, 6) is 0.0276. The van der Waals surface area contributed by atoms with Crippen LogP contribution in [0.4, 0.5) is 5.69 Å². The number of carbonyl (C=O) groups excluding carboxylic acids is 1. The Morgan fingerprint density at radius 2 is 1.88 bits per heavy atom. The molecule has 0 aliphatic rings. The zero-order chi connectivity index (χ0) is 17.1. The van der Waals surface area contributed by atoms with Crippen LogP contribution in [-0.2, 0) is 11.2 Å². The smallest absolute Gasteiger partial charge is 0.224 e. The molecule has 2 heterocycles. The van der Waals surface area contributed by atoms with Gasteiger partial charge in [-0.1, -0.05) is 24.3 Å². The maximum absolute atomic E-state index is 12.3. The summed E-state index contributed by atoms with van der Waals surface area (Å²) in [6, 6.07) is 18.0. The Hall–Kier alpha value is -2.50. The van der Waals surface area contributed by atoms with Crippen LogP contribution in [0.15, 0.2) is 65.4 Å². The van der Waals surface area contributed by atoms with Gasteiger partial charge in [0.25, 0.3) is 0 Å². The summed E-state index contributed by atoms with van der Waals surface area (Å²) in [6.07, 6.45) is 1.24. The second-order valence-electron chi connectivity index (χ2n) is 5.71. The van der Waals surface area contributed by atoms with Gasteiger partial charge in [0.05, 0.1) is 15.9 Å². The predicted octanol–water partition coefficient (Wildman–Crippen LogP) is 5.60. The van der Waals surface area contributed by atoms with Crippen LogP contribution < -0.4 is 5.32 Å². The second kappa shape index (κ2) is 7.17. The lowest BCUT2D eigenvalue weighted by Crippen LogP contribution is -2.12. The van der Waals surface area contributed by atoms with Crippen LogP contribution in [0.25, 0.3) is 20.8 Å². The number of thiophene rings is 1. The summed E-state index contributed by atoms with van der Waals surface area (Å²) in [5, 5.41) is 8.10. The van der Waals surface area contributed by atoms with Gasteiger partial charge in [-0.15, -0.1) is 11.3 Å². The van der Waals surface area contributed by atoms with E-state index in [2.05, 4.69) is 22.8 Å². The van der Waals surface area contributed by atoms with E-state index in [1.54, 1.807) is 22.7 Å². The van der Waals surface area contributed by atoms with E-state index in [1.807, 2.05) is 47.8 Å². The highest BCUT2D eigenvalue weighted by Crippen LogP contribution is 2.34. The Kier molecular flexibility index (Phi) is 4.59. The number of hydrogen-bond acceptors (Lipinski definition) is 4. The fourth-order valence-corrected chi connectivity index (χ4v) is 4.38. The van der Waals surface area contributed by atoms with Crippen molar-refractivity contribution in [2.75, 3.05) is 5.32 Å². The van der Waals surface area contributed by atoms with Gasteiger partial charge in [-0.2, -0.15) is 11.3 Å². The molecule has 0 bridgehead atoms. The Bertz CT molecular complexity index is 972. The van der Waals surface area contributed by atoms with Crippen molar-refractivity contribution in [3.8, 4) is 10.6 Å². The van der Waals surface area contributed by atoms with Crippen molar-refractivity contribution < 1.29 is 4.79 Å². The lowest BCUT2D eigenvalue weighted by molar-refractivity contribution is -0.116. The summed E-state index contributed by atoms with van der Waals surface area (Å²) in [6.45, 7) is 0. The van der Waals surface area contributed by atoms with Crippen molar-refractivity contribution in [2.24, 2.45) is 0 Å². The Morgan fingerprint density at radius 1 is 1.04 bits per heavy atom. The number of thiazole rings is 1. The van der Waals surface area contributed by atoms with Gasteiger partial charge < -0.3 is 5.32 Å². The van der Waals surface area contributed by atoms with E-state index in [-0.39, 0.29) is 5.91 Å². The number of carbonyl (C=O) groups is 1. The molecule has 0 saturated heterocycles. The van der Waals surface area contributed by atoms with Crippen LogP contribution in [0.1, 0.15) is 12.0 Å². The number of nitrogens with zero attached hydrogens (tertiary/aromatic N) is 1. The zero-order valence-corrected chi connectivity index (χ0v) is 15.1. The zero-order valence-electron chi connectivity index (χ0n) is 13.4. The highest BCUT2D eigenvalue weighted by Gasteiger charge is 2.12. The molecule has 25 heavy (non-hydrogen) atoms. The van der Waals surface area contributed by atoms with Gasteiger partial charge in [0, 0.05) is 12.0 Å². The average molecular weight is 364 g/mol. The molecule has 124 valence electrons. The van der Waals surface area contributed by atoms with Crippen molar-refractivity contribution in [2.45, 2.75) is 12.8 Å². The first-order valence-electron chi connectivity index (χ1n) is 8.05. The van der Waals surface area contributed by atoms with E-state index >= 15 is 0 Å². The topological polar surface area (TPSA) is 42.0 Å². The molecule has 4 rings (SSSR count). The molecule has 2 aromatic carbocycles. The molecule has 0 fully saturated rings. The molecule has 4 aromatic rings. The van der Waals surface area contributed by atoms with Crippen molar-refractivity contribution in [1.29, 1.82) is 0 Å². The largest absolute Gasteiger partial charge is 0.325 e. The maximum Gasteiger partial charge on any atom is 0.224 e. The van der Waals surface area contributed by atoms with Crippen LogP contribution in [-0.4, -0.2) is 10.9 Å². The van der Waals surface area contributed by atoms with Crippen molar-refractivity contribution >= 4 is 44.5 Å². The molecule has 0 unspecified atom stereocenters. The van der Waals surface area contributed by atoms with Gasteiger partial charge in [0.2, 0.25) is 5.91 Å². The van der Waals surface area contributed by atoms with Crippen LogP contribution in [0.2, 0.25) is 0 Å². The summed E-state index contributed by atoms with van der Waals surface area (Å²) in [5.41, 5.74) is 3.98. The Morgan fingerprint density at radius 3 is 2.72 bits per heavy atom. The number of anilines is 1. The normalized spacial score (nSPS) is 10.9. The molecule has 0 spiro atoms. The van der Waals surface area contributed by atoms with Gasteiger partial charge in [-0.05, 0) is 53.1 Å². The second-order valence-corrected chi connectivity index (χ2v) is 7.52. The number of nitrogens with one attached hydrogen (secondary N) is 1. The molecule has 2 aromatic heterocycles. The van der Waals surface area contributed by atoms with Gasteiger partial charge in [0.15, 0.2) is 0 Å². The van der Waals surface area contributed by atoms with E-state index in [0.717, 1.165) is 32.9 Å². The van der Waals surface area contributed by atoms with Gasteiger partial charge in [0.1, 0.15) is 5.01 Å². The fraction of sp³-hybridized carbons (Fsp3) is 0.100. The Labute approximate surface area is 154 Å². The lowest BCUT2D eigenvalue weighted by Gasteiger charge is -2.09. The Balaban J connectivity index is 1.55.